The minimum Gasteiger partial charge on any atom is -0.370 e. The molecular formula is C24H27ClFN5. The maximum Gasteiger partial charge on any atom is 0.127 e. The average molecular weight is 440 g/mol. The van der Waals surface area contributed by atoms with Gasteiger partial charge in [0, 0.05) is 24.8 Å². The largest absolute Gasteiger partial charge is 0.370 e. The number of nitrogens with one attached hydrogen (secondary N) is 3. The maximum absolute atomic E-state index is 13.4. The molecule has 4 rings (SSSR count). The first kappa shape index (κ1) is 21.5. The molecule has 1 fully saturated rings. The highest BCUT2D eigenvalue weighted by molar-refractivity contribution is 6.33. The third kappa shape index (κ3) is 6.15. The molecule has 1 atom stereocenters. The third-order valence-corrected chi connectivity index (χ3v) is 5.80. The van der Waals surface area contributed by atoms with Crippen molar-refractivity contribution in [1.29, 1.82) is 0 Å². The number of hydrogen-bond acceptors (Lipinski definition) is 5. The van der Waals surface area contributed by atoms with Crippen LogP contribution in [0.2, 0.25) is 5.02 Å². The Balaban J connectivity index is 1.41. The van der Waals surface area contributed by atoms with Crippen molar-refractivity contribution >= 4 is 23.2 Å². The zero-order chi connectivity index (χ0) is 21.5. The second-order valence-corrected chi connectivity index (χ2v) is 8.28. The Kier molecular flexibility index (Phi) is 7.33. The van der Waals surface area contributed by atoms with Gasteiger partial charge in [0.05, 0.1) is 10.7 Å². The van der Waals surface area contributed by atoms with Crippen LogP contribution >= 0.6 is 11.6 Å². The topological polar surface area (TPSA) is 61.9 Å². The Morgan fingerprint density at radius 2 is 2.03 bits per heavy atom. The van der Waals surface area contributed by atoms with Gasteiger partial charge in [0.25, 0.3) is 0 Å². The molecule has 0 amide bonds. The standard InChI is InChI=1S/C24H27ClFN5/c25-21-6-7-22(30-16-18-3-1-5-20(26)13-18)31-24(21)19-9-12-29-23(14-19)28-11-8-17-4-2-10-27-15-17/h1,3,5-7,9,12-14,17,27H,2,4,8,10-11,15-16H2,(H,28,29)(H,30,31). The van der Waals surface area contributed by atoms with E-state index in [2.05, 4.69) is 25.9 Å². The molecule has 1 aliphatic heterocycles. The summed E-state index contributed by atoms with van der Waals surface area (Å²) < 4.78 is 13.4. The van der Waals surface area contributed by atoms with Crippen molar-refractivity contribution < 1.29 is 4.39 Å². The van der Waals surface area contributed by atoms with Gasteiger partial charge in [0.15, 0.2) is 0 Å². The second kappa shape index (κ2) is 10.6. The van der Waals surface area contributed by atoms with E-state index in [1.54, 1.807) is 12.3 Å². The fourth-order valence-electron chi connectivity index (χ4n) is 3.83. The Labute approximate surface area is 187 Å². The van der Waals surface area contributed by atoms with Gasteiger partial charge in [-0.15, -0.1) is 0 Å². The summed E-state index contributed by atoms with van der Waals surface area (Å²) in [5.41, 5.74) is 2.44. The van der Waals surface area contributed by atoms with E-state index in [1.807, 2.05) is 30.3 Å². The number of piperidine rings is 1. The molecule has 7 heteroatoms. The van der Waals surface area contributed by atoms with Crippen LogP contribution in [0.1, 0.15) is 24.8 Å². The van der Waals surface area contributed by atoms with E-state index in [0.717, 1.165) is 48.9 Å². The highest BCUT2D eigenvalue weighted by atomic mass is 35.5. The lowest BCUT2D eigenvalue weighted by molar-refractivity contribution is 0.364. The fourth-order valence-corrected chi connectivity index (χ4v) is 4.05. The van der Waals surface area contributed by atoms with Gasteiger partial charge in [0.2, 0.25) is 0 Å². The Bertz CT molecular complexity index is 1010. The molecule has 1 unspecified atom stereocenters. The summed E-state index contributed by atoms with van der Waals surface area (Å²) in [5.74, 6) is 1.97. The summed E-state index contributed by atoms with van der Waals surface area (Å²) in [6, 6.07) is 14.0. The molecule has 1 aliphatic rings. The zero-order valence-electron chi connectivity index (χ0n) is 17.4. The van der Waals surface area contributed by atoms with Crippen LogP contribution in [0.5, 0.6) is 0 Å². The normalized spacial score (nSPS) is 16.1. The van der Waals surface area contributed by atoms with Crippen LogP contribution < -0.4 is 16.0 Å². The first-order valence-corrected chi connectivity index (χ1v) is 11.1. The molecule has 162 valence electrons. The summed E-state index contributed by atoms with van der Waals surface area (Å²) in [7, 11) is 0. The molecule has 3 heterocycles. The number of nitrogens with zero attached hydrogens (tertiary/aromatic N) is 2. The predicted octanol–water partition coefficient (Wildman–Crippen LogP) is 5.35. The van der Waals surface area contributed by atoms with Gasteiger partial charge < -0.3 is 16.0 Å². The van der Waals surface area contributed by atoms with E-state index in [0.29, 0.717) is 23.1 Å². The smallest absolute Gasteiger partial charge is 0.127 e. The van der Waals surface area contributed by atoms with E-state index in [1.165, 1.54) is 25.0 Å². The van der Waals surface area contributed by atoms with Crippen LogP contribution in [0.3, 0.4) is 0 Å². The summed E-state index contributed by atoms with van der Waals surface area (Å²) in [6.07, 6.45) is 5.44. The average Bonchev–Trinajstić information content (AvgIpc) is 2.79. The van der Waals surface area contributed by atoms with Gasteiger partial charge >= 0.3 is 0 Å². The lowest BCUT2D eigenvalue weighted by Crippen LogP contribution is -2.30. The number of anilines is 2. The summed E-state index contributed by atoms with van der Waals surface area (Å²) in [6.45, 7) is 3.60. The highest BCUT2D eigenvalue weighted by Crippen LogP contribution is 2.28. The minimum absolute atomic E-state index is 0.249. The number of aromatic nitrogens is 2. The van der Waals surface area contributed by atoms with E-state index >= 15 is 0 Å². The molecule has 0 aliphatic carbocycles. The summed E-state index contributed by atoms with van der Waals surface area (Å²) >= 11 is 6.44. The first-order valence-electron chi connectivity index (χ1n) is 10.7. The van der Waals surface area contributed by atoms with Crippen LogP contribution in [0, 0.1) is 11.7 Å². The van der Waals surface area contributed by atoms with Crippen LogP contribution in [-0.4, -0.2) is 29.6 Å². The first-order chi connectivity index (χ1) is 15.2. The van der Waals surface area contributed by atoms with E-state index in [9.17, 15) is 4.39 Å². The van der Waals surface area contributed by atoms with Gasteiger partial charge in [-0.2, -0.15) is 0 Å². The highest BCUT2D eigenvalue weighted by Gasteiger charge is 2.13. The van der Waals surface area contributed by atoms with Gasteiger partial charge in [0.1, 0.15) is 17.5 Å². The lowest BCUT2D eigenvalue weighted by Gasteiger charge is -2.22. The maximum atomic E-state index is 13.4. The van der Waals surface area contributed by atoms with Crippen molar-refractivity contribution in [1.82, 2.24) is 15.3 Å². The molecule has 0 spiro atoms. The van der Waals surface area contributed by atoms with Crippen molar-refractivity contribution in [2.75, 3.05) is 30.3 Å². The monoisotopic (exact) mass is 439 g/mol. The molecule has 3 aromatic rings. The predicted molar refractivity (Wildman–Crippen MR) is 125 cm³/mol. The second-order valence-electron chi connectivity index (χ2n) is 7.87. The van der Waals surface area contributed by atoms with Crippen molar-refractivity contribution in [3.63, 3.8) is 0 Å². The van der Waals surface area contributed by atoms with Crippen molar-refractivity contribution in [2.45, 2.75) is 25.8 Å². The van der Waals surface area contributed by atoms with Crippen molar-refractivity contribution in [2.24, 2.45) is 5.92 Å². The van der Waals surface area contributed by atoms with E-state index < -0.39 is 0 Å². The van der Waals surface area contributed by atoms with Crippen LogP contribution in [-0.2, 0) is 6.54 Å². The van der Waals surface area contributed by atoms with Gasteiger partial charge in [-0.3, -0.25) is 0 Å². The number of halogens is 2. The number of rotatable bonds is 8. The summed E-state index contributed by atoms with van der Waals surface area (Å²) in [5, 5.41) is 10.7. The SMILES string of the molecule is Fc1cccc(CNc2ccc(Cl)c(-c3ccnc(NCCC4CCCNC4)c3)n2)c1. The molecule has 0 bridgehead atoms. The van der Waals surface area contributed by atoms with Crippen molar-refractivity contribution in [3.05, 3.63) is 71.1 Å². The van der Waals surface area contributed by atoms with Gasteiger partial charge in [-0.1, -0.05) is 23.7 Å². The lowest BCUT2D eigenvalue weighted by atomic mass is 9.96. The minimum atomic E-state index is -0.249. The zero-order valence-corrected chi connectivity index (χ0v) is 18.1. The molecule has 0 saturated carbocycles. The molecule has 2 aromatic heterocycles. The van der Waals surface area contributed by atoms with E-state index in [-0.39, 0.29) is 5.82 Å². The molecular weight excluding hydrogens is 413 g/mol. The summed E-state index contributed by atoms with van der Waals surface area (Å²) in [4.78, 5) is 9.11. The van der Waals surface area contributed by atoms with Gasteiger partial charge in [-0.05, 0) is 80.2 Å². The van der Waals surface area contributed by atoms with Gasteiger partial charge in [-0.25, -0.2) is 14.4 Å². The molecule has 3 N–H and O–H groups in total. The van der Waals surface area contributed by atoms with Crippen molar-refractivity contribution in [3.8, 4) is 11.3 Å². The van der Waals surface area contributed by atoms with Crippen LogP contribution in [0.15, 0.2) is 54.7 Å². The Hall–Kier alpha value is -2.70. The fraction of sp³-hybridized carbons (Fsp3) is 0.333. The Morgan fingerprint density at radius 1 is 1.10 bits per heavy atom. The van der Waals surface area contributed by atoms with Crippen LogP contribution in [0.4, 0.5) is 16.0 Å². The molecule has 31 heavy (non-hydrogen) atoms. The van der Waals surface area contributed by atoms with E-state index in [4.69, 9.17) is 11.6 Å². The Morgan fingerprint density at radius 3 is 2.87 bits per heavy atom. The molecule has 1 saturated heterocycles. The number of hydrogen-bond donors (Lipinski definition) is 3. The number of pyridine rings is 2. The molecule has 0 radical (unpaired) electrons. The number of benzene rings is 1. The van der Waals surface area contributed by atoms with Crippen LogP contribution in [0.25, 0.3) is 11.3 Å². The molecule has 5 nitrogen and oxygen atoms in total. The third-order valence-electron chi connectivity index (χ3n) is 5.50. The quantitative estimate of drug-likeness (QED) is 0.441. The molecule has 1 aromatic carbocycles.